The second-order valence-corrected chi connectivity index (χ2v) is 6.36. The van der Waals surface area contributed by atoms with Gasteiger partial charge in [0.1, 0.15) is 13.2 Å². The zero-order chi connectivity index (χ0) is 22.6. The molecule has 10 heteroatoms. The molecule has 0 fully saturated rings. The van der Waals surface area contributed by atoms with Crippen molar-refractivity contribution in [2.24, 2.45) is 0 Å². The molecule has 0 aromatic heterocycles. The molecule has 1 aromatic carbocycles. The van der Waals surface area contributed by atoms with E-state index in [0.29, 0.717) is 59.4 Å². The lowest BCUT2D eigenvalue weighted by molar-refractivity contribution is -0.142. The van der Waals surface area contributed by atoms with Crippen LogP contribution >= 0.6 is 0 Å². The van der Waals surface area contributed by atoms with Crippen LogP contribution in [0.5, 0.6) is 0 Å². The molecular weight excluding hydrogens is 410 g/mol. The van der Waals surface area contributed by atoms with Crippen molar-refractivity contribution in [3.8, 4) is 0 Å². The number of nitrogens with zero attached hydrogens (tertiary/aromatic N) is 1. The third-order valence-corrected chi connectivity index (χ3v) is 3.80. The van der Waals surface area contributed by atoms with E-state index in [4.69, 9.17) is 33.5 Å². The molecule has 1 amide bonds. The molecule has 1 aromatic rings. The van der Waals surface area contributed by atoms with Gasteiger partial charge in [0.15, 0.2) is 0 Å². The fraction of sp³-hybridized carbons (Fsp3) is 0.619. The van der Waals surface area contributed by atoms with Gasteiger partial charge in [-0.15, -0.1) is 0 Å². The van der Waals surface area contributed by atoms with E-state index in [0.717, 1.165) is 5.56 Å². The number of benzene rings is 1. The Morgan fingerprint density at radius 1 is 0.774 bits per heavy atom. The number of hydrogen-bond donors (Lipinski definition) is 1. The van der Waals surface area contributed by atoms with Crippen molar-refractivity contribution in [3.63, 3.8) is 0 Å². The van der Waals surface area contributed by atoms with Crippen molar-refractivity contribution < 1.29 is 43.1 Å². The molecule has 0 atom stereocenters. The Morgan fingerprint density at radius 3 is 1.77 bits per heavy atom. The van der Waals surface area contributed by atoms with Crippen LogP contribution in [-0.2, 0) is 39.8 Å². The summed E-state index contributed by atoms with van der Waals surface area (Å²) in [4.78, 5) is 23.6. The maximum atomic E-state index is 11.9. The Hall–Kier alpha value is -2.24. The van der Waals surface area contributed by atoms with E-state index in [1.54, 1.807) is 7.05 Å². The van der Waals surface area contributed by atoms with E-state index in [9.17, 15) is 9.59 Å². The normalized spacial score (nSPS) is 10.7. The largest absolute Gasteiger partial charge is 0.480 e. The summed E-state index contributed by atoms with van der Waals surface area (Å²) in [7, 11) is 1.66. The first-order valence-electron chi connectivity index (χ1n) is 10.1. The maximum absolute atomic E-state index is 11.9. The number of rotatable bonds is 19. The molecule has 0 radical (unpaired) electrons. The second-order valence-electron chi connectivity index (χ2n) is 6.36. The van der Waals surface area contributed by atoms with Crippen LogP contribution in [0.25, 0.3) is 0 Å². The minimum absolute atomic E-state index is 0.236. The Morgan fingerprint density at radius 2 is 1.26 bits per heavy atom. The van der Waals surface area contributed by atoms with Crippen LogP contribution in [0.2, 0.25) is 0 Å². The van der Waals surface area contributed by atoms with Crippen LogP contribution in [0, 0.1) is 0 Å². The van der Waals surface area contributed by atoms with Gasteiger partial charge in [-0.3, -0.25) is 0 Å². The van der Waals surface area contributed by atoms with Gasteiger partial charge >= 0.3 is 12.1 Å². The van der Waals surface area contributed by atoms with Crippen LogP contribution in [0.15, 0.2) is 30.3 Å². The number of amides is 1. The number of carboxylic acid groups (broad SMARTS) is 1. The van der Waals surface area contributed by atoms with Gasteiger partial charge in [0.2, 0.25) is 0 Å². The summed E-state index contributed by atoms with van der Waals surface area (Å²) >= 11 is 0. The number of likely N-dealkylation sites (N-methyl/N-ethyl adjacent to an activating group) is 1. The van der Waals surface area contributed by atoms with Gasteiger partial charge in [-0.2, -0.15) is 0 Å². The van der Waals surface area contributed by atoms with Crippen molar-refractivity contribution in [3.05, 3.63) is 35.9 Å². The highest BCUT2D eigenvalue weighted by Gasteiger charge is 2.09. The van der Waals surface area contributed by atoms with E-state index < -0.39 is 12.1 Å². The van der Waals surface area contributed by atoms with E-state index in [1.165, 1.54) is 4.90 Å². The summed E-state index contributed by atoms with van der Waals surface area (Å²) in [5.74, 6) is -1.000. The number of carbonyl (C=O) groups is 2. The summed E-state index contributed by atoms with van der Waals surface area (Å²) in [6.07, 6.45) is -0.391. The molecule has 1 N–H and O–H groups in total. The molecule has 1 rings (SSSR count). The molecule has 31 heavy (non-hydrogen) atoms. The Kier molecular flexibility index (Phi) is 16.0. The van der Waals surface area contributed by atoms with Crippen LogP contribution in [-0.4, -0.2) is 102 Å². The Balaban J connectivity index is 1.81. The van der Waals surface area contributed by atoms with Gasteiger partial charge < -0.3 is 38.4 Å². The fourth-order valence-electron chi connectivity index (χ4n) is 2.16. The standard InChI is InChI=1S/C21H33NO9/c1-22(21(25)31-17-19-5-3-2-4-6-19)7-8-26-9-10-27-11-12-28-13-14-29-15-16-30-18-20(23)24/h2-6H,7-18H2,1H3,(H,23,24). The molecule has 0 saturated heterocycles. The number of aliphatic carboxylic acids is 1. The SMILES string of the molecule is CN(CCOCCOCCOCCOCCOCC(=O)O)C(=O)OCc1ccccc1. The maximum Gasteiger partial charge on any atom is 0.409 e. The smallest absolute Gasteiger partial charge is 0.409 e. The molecule has 0 bridgehead atoms. The van der Waals surface area contributed by atoms with Gasteiger partial charge in [-0.05, 0) is 5.56 Å². The number of ether oxygens (including phenoxy) is 6. The lowest BCUT2D eigenvalue weighted by Crippen LogP contribution is -2.31. The molecule has 0 saturated carbocycles. The predicted octanol–water partition coefficient (Wildman–Crippen LogP) is 1.42. The van der Waals surface area contributed by atoms with E-state index in [-0.39, 0.29) is 19.8 Å². The van der Waals surface area contributed by atoms with Crippen molar-refractivity contribution >= 4 is 12.1 Å². The van der Waals surface area contributed by atoms with Crippen molar-refractivity contribution in [1.82, 2.24) is 4.90 Å². The van der Waals surface area contributed by atoms with Gasteiger partial charge in [0.05, 0.1) is 59.5 Å². The predicted molar refractivity (Wildman–Crippen MR) is 111 cm³/mol. The zero-order valence-electron chi connectivity index (χ0n) is 18.0. The Labute approximate surface area is 182 Å². The van der Waals surface area contributed by atoms with Crippen molar-refractivity contribution in [2.75, 3.05) is 79.7 Å². The molecule has 0 heterocycles. The van der Waals surface area contributed by atoms with Crippen LogP contribution < -0.4 is 0 Å². The van der Waals surface area contributed by atoms with Crippen molar-refractivity contribution in [2.45, 2.75) is 6.61 Å². The quantitative estimate of drug-likeness (QED) is 0.317. The minimum atomic E-state index is -1.000. The fourth-order valence-corrected chi connectivity index (χ4v) is 2.16. The highest BCUT2D eigenvalue weighted by atomic mass is 16.6. The molecule has 176 valence electrons. The third-order valence-electron chi connectivity index (χ3n) is 3.80. The first-order valence-corrected chi connectivity index (χ1v) is 10.1. The average molecular weight is 443 g/mol. The van der Waals surface area contributed by atoms with Crippen LogP contribution in [0.1, 0.15) is 5.56 Å². The van der Waals surface area contributed by atoms with E-state index in [1.807, 2.05) is 30.3 Å². The highest BCUT2D eigenvalue weighted by Crippen LogP contribution is 2.02. The van der Waals surface area contributed by atoms with Crippen LogP contribution in [0.3, 0.4) is 0 Å². The Bertz CT molecular complexity index is 585. The average Bonchev–Trinajstić information content (AvgIpc) is 2.77. The topological polar surface area (TPSA) is 113 Å². The molecule has 10 nitrogen and oxygen atoms in total. The van der Waals surface area contributed by atoms with Gasteiger partial charge in [-0.25, -0.2) is 9.59 Å². The lowest BCUT2D eigenvalue weighted by atomic mass is 10.2. The zero-order valence-corrected chi connectivity index (χ0v) is 18.0. The molecule has 0 aliphatic carbocycles. The van der Waals surface area contributed by atoms with E-state index in [2.05, 4.69) is 0 Å². The minimum Gasteiger partial charge on any atom is -0.480 e. The number of carbonyl (C=O) groups excluding carboxylic acids is 1. The molecule has 0 aliphatic rings. The van der Waals surface area contributed by atoms with Gasteiger partial charge in [0, 0.05) is 13.6 Å². The van der Waals surface area contributed by atoms with Crippen LogP contribution in [0.4, 0.5) is 4.79 Å². The third kappa shape index (κ3) is 16.2. The van der Waals surface area contributed by atoms with Crippen molar-refractivity contribution in [1.29, 1.82) is 0 Å². The molecule has 0 aliphatic heterocycles. The summed E-state index contributed by atoms with van der Waals surface area (Å²) in [6, 6.07) is 9.51. The molecule has 0 unspecified atom stereocenters. The lowest BCUT2D eigenvalue weighted by Gasteiger charge is -2.17. The molecule has 0 spiro atoms. The first kappa shape index (κ1) is 26.8. The monoisotopic (exact) mass is 443 g/mol. The first-order chi connectivity index (χ1) is 15.1. The summed E-state index contributed by atoms with van der Waals surface area (Å²) in [6.45, 7) is 3.87. The van der Waals surface area contributed by atoms with E-state index >= 15 is 0 Å². The van der Waals surface area contributed by atoms with Gasteiger partial charge in [-0.1, -0.05) is 30.3 Å². The summed E-state index contributed by atoms with van der Waals surface area (Å²) in [5, 5.41) is 8.39. The summed E-state index contributed by atoms with van der Waals surface area (Å²) < 4.78 is 31.4. The second kappa shape index (κ2) is 18.5. The number of hydrogen-bond acceptors (Lipinski definition) is 8. The highest BCUT2D eigenvalue weighted by molar-refractivity contribution is 5.68. The van der Waals surface area contributed by atoms with Gasteiger partial charge in [0.25, 0.3) is 0 Å². The summed E-state index contributed by atoms with van der Waals surface area (Å²) in [5.41, 5.74) is 0.941. The number of carboxylic acids is 1. The molecular formula is C21H33NO9.